The van der Waals surface area contributed by atoms with Crippen molar-refractivity contribution in [2.24, 2.45) is 11.8 Å². The van der Waals surface area contributed by atoms with Crippen molar-refractivity contribution in [3.63, 3.8) is 0 Å². The Morgan fingerprint density at radius 1 is 1.24 bits per heavy atom. The molecule has 0 spiro atoms. The van der Waals surface area contributed by atoms with E-state index in [0.717, 1.165) is 6.08 Å². The van der Waals surface area contributed by atoms with E-state index < -0.39 is 32.8 Å². The van der Waals surface area contributed by atoms with Crippen LogP contribution < -0.4 is 0 Å². The van der Waals surface area contributed by atoms with Crippen molar-refractivity contribution < 1.29 is 30.5 Å². The predicted molar refractivity (Wildman–Crippen MR) is 50.3 cm³/mol. The lowest BCUT2D eigenvalue weighted by atomic mass is 9.97. The van der Waals surface area contributed by atoms with Crippen molar-refractivity contribution in [3.8, 4) is 0 Å². The number of fused-ring (bicyclic) bond motifs is 2. The molecular weight excluding hydrogens is 264 g/mol. The Morgan fingerprint density at radius 3 is 2.18 bits per heavy atom. The van der Waals surface area contributed by atoms with Gasteiger partial charge in [0, 0.05) is 11.5 Å². The number of hydrogen-bond acceptors (Lipinski definition) is 2. The molecule has 2 rings (SSSR count). The zero-order valence-electron chi connectivity index (χ0n) is 8.28. The summed E-state index contributed by atoms with van der Waals surface area (Å²) in [5.74, 6) is -6.15. The lowest BCUT2D eigenvalue weighted by molar-refractivity contribution is -0.137. The fourth-order valence-corrected chi connectivity index (χ4v) is 2.55. The molecule has 17 heavy (non-hydrogen) atoms. The van der Waals surface area contributed by atoms with Crippen LogP contribution in [-0.4, -0.2) is 24.1 Å². The third-order valence-electron chi connectivity index (χ3n) is 2.96. The summed E-state index contributed by atoms with van der Waals surface area (Å²) >= 11 is 0. The summed E-state index contributed by atoms with van der Waals surface area (Å²) in [4.78, 5) is 0. The first kappa shape index (κ1) is 12.6. The van der Waals surface area contributed by atoms with Crippen molar-refractivity contribution in [3.05, 3.63) is 23.8 Å². The molecule has 0 fully saturated rings. The lowest BCUT2D eigenvalue weighted by Gasteiger charge is -2.27. The summed E-state index contributed by atoms with van der Waals surface area (Å²) < 4.78 is 81.9. The number of hydrogen-bond donors (Lipinski definition) is 1. The van der Waals surface area contributed by atoms with Crippen molar-refractivity contribution >= 4 is 10.1 Å². The number of alkyl halides is 4. The summed E-state index contributed by atoms with van der Waals surface area (Å²) in [5, 5.41) is -5.51. The Morgan fingerprint density at radius 2 is 1.82 bits per heavy atom. The van der Waals surface area contributed by atoms with Crippen LogP contribution in [0.1, 0.15) is 6.42 Å². The SMILES string of the molecule is O=S(=O)(O)C(F)(F)C(F)(F)C1=CC2C=CC1C2. The Bertz CT molecular complexity index is 506. The molecule has 8 heteroatoms. The molecule has 2 unspecified atom stereocenters. The number of rotatable bonds is 3. The van der Waals surface area contributed by atoms with Gasteiger partial charge in [-0.15, -0.1) is 0 Å². The van der Waals surface area contributed by atoms with E-state index in [-0.39, 0.29) is 12.3 Å². The van der Waals surface area contributed by atoms with Crippen LogP contribution >= 0.6 is 0 Å². The van der Waals surface area contributed by atoms with Gasteiger partial charge in [0.05, 0.1) is 0 Å². The summed E-state index contributed by atoms with van der Waals surface area (Å²) in [5.41, 5.74) is -0.937. The van der Waals surface area contributed by atoms with E-state index in [9.17, 15) is 26.0 Å². The topological polar surface area (TPSA) is 54.4 Å². The highest BCUT2D eigenvalue weighted by atomic mass is 32.2. The summed E-state index contributed by atoms with van der Waals surface area (Å²) in [6.07, 6.45) is 4.11. The highest BCUT2D eigenvalue weighted by molar-refractivity contribution is 7.87. The third-order valence-corrected chi connectivity index (χ3v) is 3.87. The van der Waals surface area contributed by atoms with Gasteiger partial charge in [0.2, 0.25) is 0 Å². The van der Waals surface area contributed by atoms with Gasteiger partial charge in [-0.1, -0.05) is 18.2 Å². The molecule has 2 bridgehead atoms. The predicted octanol–water partition coefficient (Wildman–Crippen LogP) is 2.23. The molecule has 2 aliphatic rings. The van der Waals surface area contributed by atoms with Crippen LogP contribution in [0.5, 0.6) is 0 Å². The first-order chi connectivity index (χ1) is 7.57. The molecule has 0 aliphatic heterocycles. The summed E-state index contributed by atoms with van der Waals surface area (Å²) in [6.45, 7) is 0. The minimum absolute atomic E-state index is 0.243. The quantitative estimate of drug-likeness (QED) is 0.487. The first-order valence-corrected chi connectivity index (χ1v) is 6.14. The van der Waals surface area contributed by atoms with Gasteiger partial charge < -0.3 is 0 Å². The fourth-order valence-electron chi connectivity index (χ4n) is 2.10. The van der Waals surface area contributed by atoms with Gasteiger partial charge in [-0.2, -0.15) is 26.0 Å². The minimum atomic E-state index is -6.16. The Labute approximate surface area is 94.6 Å². The lowest BCUT2D eigenvalue weighted by Crippen LogP contribution is -2.48. The molecular formula is C9H8F4O3S. The van der Waals surface area contributed by atoms with E-state index in [4.69, 9.17) is 4.55 Å². The van der Waals surface area contributed by atoms with E-state index >= 15 is 0 Å². The van der Waals surface area contributed by atoms with Gasteiger partial charge in [0.25, 0.3) is 0 Å². The standard InChI is InChI=1S/C9H8F4O3S/c10-8(11,9(12,13)17(14,15)16)7-4-5-1-2-6(7)3-5/h1-2,4-6H,3H2,(H,14,15,16). The molecule has 1 N–H and O–H groups in total. The van der Waals surface area contributed by atoms with Gasteiger partial charge in [0.1, 0.15) is 0 Å². The van der Waals surface area contributed by atoms with Crippen LogP contribution in [0.2, 0.25) is 0 Å². The Hall–Kier alpha value is -0.890. The summed E-state index contributed by atoms with van der Waals surface area (Å²) in [6, 6.07) is 0. The average molecular weight is 272 g/mol. The normalized spacial score (nSPS) is 28.6. The maximum Gasteiger partial charge on any atom is 0.435 e. The van der Waals surface area contributed by atoms with Crippen LogP contribution in [0.15, 0.2) is 23.8 Å². The summed E-state index contributed by atoms with van der Waals surface area (Å²) in [7, 11) is -6.16. The molecule has 0 aromatic rings. The fraction of sp³-hybridized carbons (Fsp3) is 0.556. The molecule has 0 amide bonds. The van der Waals surface area contributed by atoms with Gasteiger partial charge in [-0.05, 0) is 12.3 Å². The smallest absolute Gasteiger partial charge is 0.281 e. The number of allylic oxidation sites excluding steroid dienone is 4. The molecule has 0 aromatic heterocycles. The van der Waals surface area contributed by atoms with Crippen LogP contribution in [0.4, 0.5) is 17.6 Å². The maximum atomic E-state index is 13.5. The second kappa shape index (κ2) is 3.32. The second-order valence-corrected chi connectivity index (χ2v) is 5.54. The largest absolute Gasteiger partial charge is 0.435 e. The van der Waals surface area contributed by atoms with E-state index in [2.05, 4.69) is 0 Å². The van der Waals surface area contributed by atoms with Crippen molar-refractivity contribution in [1.82, 2.24) is 0 Å². The Kier molecular flexibility index (Phi) is 2.45. The highest BCUT2D eigenvalue weighted by Crippen LogP contribution is 2.52. The van der Waals surface area contributed by atoms with Gasteiger partial charge in [0.15, 0.2) is 0 Å². The van der Waals surface area contributed by atoms with Crippen molar-refractivity contribution in [2.75, 3.05) is 0 Å². The van der Waals surface area contributed by atoms with E-state index in [1.807, 2.05) is 0 Å². The van der Waals surface area contributed by atoms with E-state index in [1.54, 1.807) is 6.08 Å². The zero-order chi connectivity index (χ0) is 13.1. The molecule has 96 valence electrons. The monoisotopic (exact) mass is 272 g/mol. The van der Waals surface area contributed by atoms with Crippen LogP contribution in [0.3, 0.4) is 0 Å². The van der Waals surface area contributed by atoms with Gasteiger partial charge in [-0.3, -0.25) is 4.55 Å². The van der Waals surface area contributed by atoms with Crippen LogP contribution in [0.25, 0.3) is 0 Å². The molecule has 2 aliphatic carbocycles. The molecule has 0 saturated carbocycles. The first-order valence-electron chi connectivity index (χ1n) is 4.70. The van der Waals surface area contributed by atoms with Crippen molar-refractivity contribution in [2.45, 2.75) is 17.6 Å². The average Bonchev–Trinajstić information content (AvgIpc) is 2.76. The van der Waals surface area contributed by atoms with Gasteiger partial charge in [-0.25, -0.2) is 0 Å². The molecule has 0 saturated heterocycles. The molecule has 0 radical (unpaired) electrons. The molecule has 2 atom stereocenters. The highest BCUT2D eigenvalue weighted by Gasteiger charge is 2.68. The van der Waals surface area contributed by atoms with Crippen LogP contribution in [-0.2, 0) is 10.1 Å². The maximum absolute atomic E-state index is 13.5. The zero-order valence-corrected chi connectivity index (χ0v) is 9.09. The van der Waals surface area contributed by atoms with E-state index in [1.165, 1.54) is 6.08 Å². The molecule has 0 aromatic carbocycles. The van der Waals surface area contributed by atoms with Crippen molar-refractivity contribution in [1.29, 1.82) is 0 Å². The Balaban J connectivity index is 2.42. The van der Waals surface area contributed by atoms with E-state index in [0.29, 0.717) is 0 Å². The third kappa shape index (κ3) is 1.61. The minimum Gasteiger partial charge on any atom is -0.281 e. The molecule has 0 heterocycles. The number of halogens is 4. The molecule has 3 nitrogen and oxygen atoms in total. The second-order valence-electron chi connectivity index (χ2n) is 4.08. The van der Waals surface area contributed by atoms with Crippen LogP contribution in [0, 0.1) is 11.8 Å². The van der Waals surface area contributed by atoms with Gasteiger partial charge >= 0.3 is 21.3 Å².